The number of nitrogens with one attached hydrogen (secondary N) is 1. The van der Waals surface area contributed by atoms with Gasteiger partial charge in [0.15, 0.2) is 5.69 Å². The molecule has 0 aromatic heterocycles. The molecule has 0 atom stereocenters. The number of benzene rings is 1. The average Bonchev–Trinajstić information content (AvgIpc) is 2.61. The maximum Gasteiger partial charge on any atom is 0.410 e. The van der Waals surface area contributed by atoms with E-state index in [9.17, 15) is 4.79 Å². The summed E-state index contributed by atoms with van der Waals surface area (Å²) in [5.41, 5.74) is 0.100. The van der Waals surface area contributed by atoms with Crippen LogP contribution in [0.15, 0.2) is 24.3 Å². The van der Waals surface area contributed by atoms with Crippen molar-refractivity contribution in [3.8, 4) is 5.75 Å². The molecule has 0 aliphatic carbocycles. The van der Waals surface area contributed by atoms with Crippen molar-refractivity contribution in [2.75, 3.05) is 26.2 Å². The van der Waals surface area contributed by atoms with E-state index in [1.807, 2.05) is 25.7 Å². The fraction of sp³-hybridized carbons (Fsp3) is 0.600. The van der Waals surface area contributed by atoms with Gasteiger partial charge in [0.1, 0.15) is 11.4 Å². The monoisotopic (exact) mass is 359 g/mol. The predicted octanol–water partition coefficient (Wildman–Crippen LogP) is 4.00. The first-order valence-electron chi connectivity index (χ1n) is 9.20. The standard InChI is InChI=1S/C20H29N3O3/c1-20(2,3)26-19(24)23(17-10-12-22-13-11-17)14-5-15-25-18-8-6-16(21-4)7-9-18/h6-9,17,22H,5,10-15H2,1-3H3. The fourth-order valence-corrected chi connectivity index (χ4v) is 2.90. The Morgan fingerprint density at radius 2 is 1.92 bits per heavy atom. The fourth-order valence-electron chi connectivity index (χ4n) is 2.90. The highest BCUT2D eigenvalue weighted by molar-refractivity contribution is 5.68. The first kappa shape index (κ1) is 20.1. The Morgan fingerprint density at radius 3 is 2.50 bits per heavy atom. The molecule has 26 heavy (non-hydrogen) atoms. The average molecular weight is 359 g/mol. The van der Waals surface area contributed by atoms with Crippen LogP contribution >= 0.6 is 0 Å². The molecule has 0 unspecified atom stereocenters. The third-order valence-electron chi connectivity index (χ3n) is 4.16. The van der Waals surface area contributed by atoms with Gasteiger partial charge in [-0.1, -0.05) is 12.1 Å². The summed E-state index contributed by atoms with van der Waals surface area (Å²) < 4.78 is 11.3. The summed E-state index contributed by atoms with van der Waals surface area (Å²) >= 11 is 0. The van der Waals surface area contributed by atoms with Gasteiger partial charge in [-0.25, -0.2) is 9.64 Å². The Morgan fingerprint density at radius 1 is 1.27 bits per heavy atom. The molecule has 0 saturated carbocycles. The largest absolute Gasteiger partial charge is 0.494 e. The number of hydrogen-bond donors (Lipinski definition) is 1. The van der Waals surface area contributed by atoms with E-state index in [1.54, 1.807) is 24.3 Å². The number of ether oxygens (including phenoxy) is 2. The number of rotatable bonds is 6. The number of nitrogens with zero attached hydrogens (tertiary/aromatic N) is 2. The highest BCUT2D eigenvalue weighted by Gasteiger charge is 2.28. The second-order valence-corrected chi connectivity index (χ2v) is 7.46. The Bertz CT molecular complexity index is 611. The first-order chi connectivity index (χ1) is 12.4. The molecule has 142 valence electrons. The third kappa shape index (κ3) is 6.57. The van der Waals surface area contributed by atoms with Crippen LogP contribution in [-0.4, -0.2) is 48.9 Å². The molecule has 6 nitrogen and oxygen atoms in total. The molecule has 1 aliphatic heterocycles. The molecule has 1 N–H and O–H groups in total. The van der Waals surface area contributed by atoms with Crippen LogP contribution in [0, 0.1) is 6.57 Å². The second-order valence-electron chi connectivity index (χ2n) is 7.46. The minimum absolute atomic E-state index is 0.212. The summed E-state index contributed by atoms with van der Waals surface area (Å²) in [6.45, 7) is 15.6. The van der Waals surface area contributed by atoms with Crippen LogP contribution in [-0.2, 0) is 4.74 Å². The van der Waals surface area contributed by atoms with Gasteiger partial charge in [0.05, 0.1) is 13.2 Å². The van der Waals surface area contributed by atoms with Crippen LogP contribution < -0.4 is 10.1 Å². The Kier molecular flexibility index (Phi) is 7.28. The van der Waals surface area contributed by atoms with Crippen molar-refractivity contribution in [3.63, 3.8) is 0 Å². The summed E-state index contributed by atoms with van der Waals surface area (Å²) in [6, 6.07) is 7.29. The minimum Gasteiger partial charge on any atom is -0.494 e. The summed E-state index contributed by atoms with van der Waals surface area (Å²) in [5, 5.41) is 3.33. The van der Waals surface area contributed by atoms with Gasteiger partial charge >= 0.3 is 6.09 Å². The van der Waals surface area contributed by atoms with Crippen molar-refractivity contribution in [1.82, 2.24) is 10.2 Å². The summed E-state index contributed by atoms with van der Waals surface area (Å²) in [6.07, 6.45) is 2.37. The number of hydrogen-bond acceptors (Lipinski definition) is 4. The Hall–Kier alpha value is -2.26. The van der Waals surface area contributed by atoms with E-state index in [1.165, 1.54) is 0 Å². The van der Waals surface area contributed by atoms with E-state index in [2.05, 4.69) is 10.2 Å². The SMILES string of the molecule is [C-]#[N+]c1ccc(OCCCN(C(=O)OC(C)(C)C)C2CCNCC2)cc1. The van der Waals surface area contributed by atoms with E-state index in [0.717, 1.165) is 38.1 Å². The molecular formula is C20H29N3O3. The van der Waals surface area contributed by atoms with Crippen LogP contribution in [0.5, 0.6) is 5.75 Å². The third-order valence-corrected chi connectivity index (χ3v) is 4.16. The van der Waals surface area contributed by atoms with Gasteiger partial charge in [-0.05, 0) is 65.3 Å². The normalized spacial score (nSPS) is 15.2. The first-order valence-corrected chi connectivity index (χ1v) is 9.20. The smallest absolute Gasteiger partial charge is 0.410 e. The zero-order chi connectivity index (χ0) is 19.0. The zero-order valence-electron chi connectivity index (χ0n) is 16.0. The number of carbonyl (C=O) groups excluding carboxylic acids is 1. The van der Waals surface area contributed by atoms with Gasteiger partial charge in [0.25, 0.3) is 0 Å². The van der Waals surface area contributed by atoms with Crippen molar-refractivity contribution < 1.29 is 14.3 Å². The van der Waals surface area contributed by atoms with Crippen molar-refractivity contribution in [1.29, 1.82) is 0 Å². The lowest BCUT2D eigenvalue weighted by Gasteiger charge is -2.35. The van der Waals surface area contributed by atoms with Gasteiger partial charge in [0, 0.05) is 12.6 Å². The van der Waals surface area contributed by atoms with E-state index in [-0.39, 0.29) is 12.1 Å². The number of piperidine rings is 1. The van der Waals surface area contributed by atoms with Crippen LogP contribution in [0.2, 0.25) is 0 Å². The van der Waals surface area contributed by atoms with Crippen LogP contribution in [0.3, 0.4) is 0 Å². The number of carbonyl (C=O) groups is 1. The molecule has 6 heteroatoms. The highest BCUT2D eigenvalue weighted by Crippen LogP contribution is 2.19. The molecule has 1 amide bonds. The Balaban J connectivity index is 1.86. The zero-order valence-corrected chi connectivity index (χ0v) is 16.0. The van der Waals surface area contributed by atoms with E-state index in [0.29, 0.717) is 18.8 Å². The predicted molar refractivity (Wildman–Crippen MR) is 102 cm³/mol. The lowest BCUT2D eigenvalue weighted by Crippen LogP contribution is -2.48. The van der Waals surface area contributed by atoms with Gasteiger partial charge in [-0.3, -0.25) is 0 Å². The van der Waals surface area contributed by atoms with Crippen molar-refractivity contribution in [2.45, 2.75) is 51.7 Å². The van der Waals surface area contributed by atoms with Crippen LogP contribution in [0.4, 0.5) is 10.5 Å². The van der Waals surface area contributed by atoms with Crippen molar-refractivity contribution >= 4 is 11.8 Å². The summed E-state index contributed by atoms with van der Waals surface area (Å²) in [5.74, 6) is 0.739. The molecule has 1 aromatic rings. The van der Waals surface area contributed by atoms with Crippen LogP contribution in [0.25, 0.3) is 4.85 Å². The van der Waals surface area contributed by atoms with Crippen LogP contribution in [0.1, 0.15) is 40.0 Å². The summed E-state index contributed by atoms with van der Waals surface area (Å²) in [7, 11) is 0. The molecule has 0 spiro atoms. The minimum atomic E-state index is -0.497. The molecule has 0 radical (unpaired) electrons. The molecule has 2 rings (SSSR count). The van der Waals surface area contributed by atoms with E-state index >= 15 is 0 Å². The summed E-state index contributed by atoms with van der Waals surface area (Å²) in [4.78, 5) is 17.8. The molecule has 1 aromatic carbocycles. The molecule has 1 fully saturated rings. The maximum absolute atomic E-state index is 12.6. The van der Waals surface area contributed by atoms with Crippen molar-refractivity contribution in [2.24, 2.45) is 0 Å². The maximum atomic E-state index is 12.6. The van der Waals surface area contributed by atoms with Gasteiger partial charge < -0.3 is 19.7 Å². The lowest BCUT2D eigenvalue weighted by atomic mass is 10.0. The quantitative estimate of drug-likeness (QED) is 0.616. The molecule has 1 heterocycles. The van der Waals surface area contributed by atoms with Crippen molar-refractivity contribution in [3.05, 3.63) is 35.7 Å². The molecule has 1 saturated heterocycles. The molecular weight excluding hydrogens is 330 g/mol. The van der Waals surface area contributed by atoms with Gasteiger partial charge in [-0.2, -0.15) is 0 Å². The number of amides is 1. The Labute approximate surface area is 156 Å². The lowest BCUT2D eigenvalue weighted by molar-refractivity contribution is 0.0119. The van der Waals surface area contributed by atoms with E-state index in [4.69, 9.17) is 16.0 Å². The molecule has 1 aliphatic rings. The topological polar surface area (TPSA) is 55.2 Å². The highest BCUT2D eigenvalue weighted by atomic mass is 16.6. The van der Waals surface area contributed by atoms with Gasteiger partial charge in [-0.15, -0.1) is 0 Å². The molecule has 0 bridgehead atoms. The second kappa shape index (κ2) is 9.44. The van der Waals surface area contributed by atoms with Gasteiger partial charge in [0.2, 0.25) is 0 Å². The van der Waals surface area contributed by atoms with E-state index < -0.39 is 5.60 Å².